The zero-order valence-electron chi connectivity index (χ0n) is 8.01. The van der Waals surface area contributed by atoms with Crippen molar-refractivity contribution in [2.24, 2.45) is 23.5 Å². The van der Waals surface area contributed by atoms with Crippen LogP contribution in [0.4, 0.5) is 0 Å². The molecule has 3 atom stereocenters. The highest BCUT2D eigenvalue weighted by atomic mass is 14.7. The lowest BCUT2D eigenvalue weighted by Crippen LogP contribution is -2.30. The third kappa shape index (κ3) is 2.19. The zero-order valence-corrected chi connectivity index (χ0v) is 8.01. The Hall–Kier alpha value is -0.0400. The van der Waals surface area contributed by atoms with E-state index in [-0.39, 0.29) is 0 Å². The summed E-state index contributed by atoms with van der Waals surface area (Å²) >= 11 is 0. The molecule has 0 spiro atoms. The van der Waals surface area contributed by atoms with Gasteiger partial charge in [0.05, 0.1) is 0 Å². The first-order valence-electron chi connectivity index (χ1n) is 4.87. The zero-order chi connectivity index (χ0) is 8.43. The summed E-state index contributed by atoms with van der Waals surface area (Å²) in [6.45, 7) is 6.86. The van der Waals surface area contributed by atoms with Crippen molar-refractivity contribution in [1.82, 2.24) is 0 Å². The molecule has 0 aromatic rings. The van der Waals surface area contributed by atoms with Crippen molar-refractivity contribution in [2.75, 3.05) is 0 Å². The van der Waals surface area contributed by atoms with Crippen LogP contribution in [0.15, 0.2) is 0 Å². The normalized spacial score (nSPS) is 38.5. The first-order chi connectivity index (χ1) is 5.11. The Morgan fingerprint density at radius 2 is 2.00 bits per heavy atom. The molecular formula is C10H21N. The lowest BCUT2D eigenvalue weighted by molar-refractivity contribution is 0.360. The van der Waals surface area contributed by atoms with Crippen LogP contribution in [0.1, 0.15) is 40.0 Å². The molecular weight excluding hydrogens is 134 g/mol. The van der Waals surface area contributed by atoms with Gasteiger partial charge in [0.15, 0.2) is 0 Å². The summed E-state index contributed by atoms with van der Waals surface area (Å²) < 4.78 is 0. The van der Waals surface area contributed by atoms with Crippen LogP contribution in [0, 0.1) is 17.8 Å². The van der Waals surface area contributed by atoms with Crippen LogP contribution < -0.4 is 5.73 Å². The highest BCUT2D eigenvalue weighted by Crippen LogP contribution is 2.33. The molecule has 1 fully saturated rings. The molecule has 66 valence electrons. The largest absolute Gasteiger partial charge is 0.327 e. The van der Waals surface area contributed by atoms with Crippen molar-refractivity contribution < 1.29 is 0 Å². The molecule has 0 aromatic heterocycles. The summed E-state index contributed by atoms with van der Waals surface area (Å²) in [5, 5.41) is 0. The lowest BCUT2D eigenvalue weighted by Gasteiger charge is -2.19. The van der Waals surface area contributed by atoms with Crippen LogP contribution in [0.25, 0.3) is 0 Å². The molecule has 1 aliphatic rings. The molecule has 0 saturated heterocycles. The van der Waals surface area contributed by atoms with Crippen LogP contribution in [0.5, 0.6) is 0 Å². The van der Waals surface area contributed by atoms with Gasteiger partial charge in [-0.1, -0.05) is 20.8 Å². The molecule has 2 unspecified atom stereocenters. The highest BCUT2D eigenvalue weighted by Gasteiger charge is 2.30. The van der Waals surface area contributed by atoms with Gasteiger partial charge in [-0.05, 0) is 37.0 Å². The molecule has 1 nitrogen and oxygen atoms in total. The second kappa shape index (κ2) is 3.57. The summed E-state index contributed by atoms with van der Waals surface area (Å²) in [4.78, 5) is 0. The molecule has 1 saturated carbocycles. The minimum absolute atomic E-state index is 0.484. The van der Waals surface area contributed by atoms with Gasteiger partial charge < -0.3 is 5.73 Å². The molecule has 0 aromatic carbocycles. The van der Waals surface area contributed by atoms with Gasteiger partial charge in [0.25, 0.3) is 0 Å². The molecule has 0 heterocycles. The Labute approximate surface area is 70.4 Å². The number of hydrogen-bond donors (Lipinski definition) is 1. The van der Waals surface area contributed by atoms with E-state index in [0.29, 0.717) is 6.04 Å². The Balaban J connectivity index is 2.36. The molecule has 1 aliphatic carbocycles. The summed E-state index contributed by atoms with van der Waals surface area (Å²) in [5.74, 6) is 2.39. The maximum Gasteiger partial charge on any atom is 0.00930 e. The van der Waals surface area contributed by atoms with E-state index in [9.17, 15) is 0 Å². The quantitative estimate of drug-likeness (QED) is 0.651. The van der Waals surface area contributed by atoms with Crippen LogP contribution in [0.3, 0.4) is 0 Å². The van der Waals surface area contributed by atoms with E-state index < -0.39 is 0 Å². The lowest BCUT2D eigenvalue weighted by atomic mass is 9.91. The van der Waals surface area contributed by atoms with Gasteiger partial charge >= 0.3 is 0 Å². The van der Waals surface area contributed by atoms with Gasteiger partial charge in [-0.15, -0.1) is 0 Å². The van der Waals surface area contributed by atoms with Crippen LogP contribution in [-0.4, -0.2) is 6.04 Å². The monoisotopic (exact) mass is 155 g/mol. The van der Waals surface area contributed by atoms with Gasteiger partial charge in [-0.2, -0.15) is 0 Å². The van der Waals surface area contributed by atoms with Crippen molar-refractivity contribution in [3.63, 3.8) is 0 Å². The minimum Gasteiger partial charge on any atom is -0.327 e. The van der Waals surface area contributed by atoms with Gasteiger partial charge in [0.2, 0.25) is 0 Å². The fourth-order valence-corrected chi connectivity index (χ4v) is 2.21. The Kier molecular flexibility index (Phi) is 2.94. The third-order valence-electron chi connectivity index (χ3n) is 2.97. The van der Waals surface area contributed by atoms with Crippen molar-refractivity contribution >= 4 is 0 Å². The third-order valence-corrected chi connectivity index (χ3v) is 2.97. The Morgan fingerprint density at radius 1 is 1.36 bits per heavy atom. The van der Waals surface area contributed by atoms with E-state index in [1.54, 1.807) is 0 Å². The molecule has 11 heavy (non-hydrogen) atoms. The van der Waals surface area contributed by atoms with E-state index in [2.05, 4.69) is 20.8 Å². The highest BCUT2D eigenvalue weighted by molar-refractivity contribution is 4.85. The van der Waals surface area contributed by atoms with Gasteiger partial charge in [-0.3, -0.25) is 0 Å². The predicted octanol–water partition coefficient (Wildman–Crippen LogP) is 2.41. The molecule has 0 radical (unpaired) electrons. The molecule has 0 bridgehead atoms. The van der Waals surface area contributed by atoms with Crippen LogP contribution in [-0.2, 0) is 0 Å². The molecule has 1 rings (SSSR count). The Morgan fingerprint density at radius 3 is 2.36 bits per heavy atom. The number of nitrogens with two attached hydrogens (primary N) is 1. The summed E-state index contributed by atoms with van der Waals surface area (Å²) in [7, 11) is 0. The van der Waals surface area contributed by atoms with E-state index in [4.69, 9.17) is 5.73 Å². The minimum atomic E-state index is 0.484. The summed E-state index contributed by atoms with van der Waals surface area (Å²) in [6.07, 6.45) is 4.03. The first kappa shape index (κ1) is 9.05. The van der Waals surface area contributed by atoms with Crippen molar-refractivity contribution in [2.45, 2.75) is 46.1 Å². The number of rotatable bonds is 2. The predicted molar refractivity (Wildman–Crippen MR) is 49.3 cm³/mol. The van der Waals surface area contributed by atoms with Crippen LogP contribution >= 0.6 is 0 Å². The van der Waals surface area contributed by atoms with E-state index in [0.717, 1.165) is 17.8 Å². The second-order valence-corrected chi connectivity index (χ2v) is 4.52. The summed E-state index contributed by atoms with van der Waals surface area (Å²) in [5.41, 5.74) is 6.07. The van der Waals surface area contributed by atoms with Gasteiger partial charge in [0, 0.05) is 6.04 Å². The molecule has 2 N–H and O–H groups in total. The maximum absolute atomic E-state index is 6.07. The fraction of sp³-hybridized carbons (Fsp3) is 1.00. The van der Waals surface area contributed by atoms with Gasteiger partial charge in [-0.25, -0.2) is 0 Å². The molecule has 0 amide bonds. The van der Waals surface area contributed by atoms with Crippen molar-refractivity contribution in [1.29, 1.82) is 0 Å². The standard InChI is InChI=1S/C10H21N/c1-7(2)6-9-5-4-8(3)10(9)11/h7-10H,4-6,11H2,1-3H3/t8?,9?,10-/m1/s1. The average Bonchev–Trinajstić information content (AvgIpc) is 2.18. The summed E-state index contributed by atoms with van der Waals surface area (Å²) in [6, 6.07) is 0.484. The van der Waals surface area contributed by atoms with E-state index in [1.165, 1.54) is 19.3 Å². The first-order valence-corrected chi connectivity index (χ1v) is 4.87. The average molecular weight is 155 g/mol. The smallest absolute Gasteiger partial charge is 0.00930 e. The van der Waals surface area contributed by atoms with Crippen LogP contribution in [0.2, 0.25) is 0 Å². The maximum atomic E-state index is 6.07. The topological polar surface area (TPSA) is 26.0 Å². The number of hydrogen-bond acceptors (Lipinski definition) is 1. The molecule has 1 heteroatoms. The van der Waals surface area contributed by atoms with E-state index in [1.807, 2.05) is 0 Å². The Bertz CT molecular complexity index is 120. The van der Waals surface area contributed by atoms with Gasteiger partial charge in [0.1, 0.15) is 0 Å². The second-order valence-electron chi connectivity index (χ2n) is 4.52. The van der Waals surface area contributed by atoms with Crippen molar-refractivity contribution in [3.05, 3.63) is 0 Å². The van der Waals surface area contributed by atoms with Crippen molar-refractivity contribution in [3.8, 4) is 0 Å². The van der Waals surface area contributed by atoms with E-state index >= 15 is 0 Å². The molecule has 0 aliphatic heterocycles. The fourth-order valence-electron chi connectivity index (χ4n) is 2.21. The SMILES string of the molecule is CC(C)CC1CCC(C)[C@H]1N.